The molecule has 6 nitrogen and oxygen atoms in total. The molecule has 4 aromatic rings. The maximum Gasteiger partial charge on any atom is 0.261 e. The van der Waals surface area contributed by atoms with E-state index in [0.29, 0.717) is 5.69 Å². The fourth-order valence-electron chi connectivity index (χ4n) is 2.99. The Labute approximate surface area is 169 Å². The van der Waals surface area contributed by atoms with E-state index in [-0.39, 0.29) is 4.90 Å². The van der Waals surface area contributed by atoms with E-state index in [9.17, 15) is 8.42 Å². The Hall–Kier alpha value is -3.58. The first-order valence-electron chi connectivity index (χ1n) is 8.93. The Bertz CT molecular complexity index is 1260. The monoisotopic (exact) mass is 405 g/mol. The van der Waals surface area contributed by atoms with E-state index in [2.05, 4.69) is 15.0 Å². The highest BCUT2D eigenvalue weighted by molar-refractivity contribution is 7.92. The molecule has 3 aromatic carbocycles. The molecule has 7 heteroatoms. The summed E-state index contributed by atoms with van der Waals surface area (Å²) in [7, 11) is -2.05. The van der Waals surface area contributed by atoms with Crippen LogP contribution < -0.4 is 14.8 Å². The van der Waals surface area contributed by atoms with Gasteiger partial charge in [-0.15, -0.1) is 0 Å². The predicted molar refractivity (Wildman–Crippen MR) is 115 cm³/mol. The Balaban J connectivity index is 1.69. The molecule has 4 rings (SSSR count). The van der Waals surface area contributed by atoms with Gasteiger partial charge in [0.05, 0.1) is 17.5 Å². The fraction of sp³-hybridized carbons (Fsp3) is 0.0455. The second-order valence-corrected chi connectivity index (χ2v) is 8.05. The van der Waals surface area contributed by atoms with Crippen LogP contribution in [0.3, 0.4) is 0 Å². The molecule has 0 bridgehead atoms. The van der Waals surface area contributed by atoms with E-state index in [0.717, 1.165) is 28.0 Å². The number of anilines is 3. The summed E-state index contributed by atoms with van der Waals surface area (Å²) in [6, 6.07) is 22.9. The van der Waals surface area contributed by atoms with E-state index in [1.165, 1.54) is 0 Å². The minimum absolute atomic E-state index is 0.209. The summed E-state index contributed by atoms with van der Waals surface area (Å²) in [6.45, 7) is 0. The number of hydrogen-bond donors (Lipinski definition) is 2. The number of sulfonamides is 1. The number of rotatable bonds is 6. The van der Waals surface area contributed by atoms with Gasteiger partial charge in [0.2, 0.25) is 0 Å². The lowest BCUT2D eigenvalue weighted by Crippen LogP contribution is -2.12. The number of pyridine rings is 1. The highest BCUT2D eigenvalue weighted by atomic mass is 32.2. The van der Waals surface area contributed by atoms with Crippen LogP contribution in [-0.4, -0.2) is 20.5 Å². The van der Waals surface area contributed by atoms with Crippen LogP contribution >= 0.6 is 0 Å². The average molecular weight is 405 g/mol. The molecular weight excluding hydrogens is 386 g/mol. The van der Waals surface area contributed by atoms with Crippen LogP contribution in [0.2, 0.25) is 0 Å². The highest BCUT2D eigenvalue weighted by Crippen LogP contribution is 2.29. The van der Waals surface area contributed by atoms with Crippen LogP contribution in [0.4, 0.5) is 17.1 Å². The standard InChI is InChI=1S/C22H19N3O3S/c1-28-18-7-5-6-16(14-18)24-22-12-13-23-21-11-10-17(15-20(21)22)25-29(26,27)19-8-3-2-4-9-19/h2-15,25H,1H3,(H,23,24). The van der Waals surface area contributed by atoms with Crippen molar-refractivity contribution in [3.8, 4) is 5.75 Å². The molecule has 146 valence electrons. The normalized spacial score (nSPS) is 11.2. The molecule has 0 spiro atoms. The van der Waals surface area contributed by atoms with E-state index in [1.54, 1.807) is 61.8 Å². The lowest BCUT2D eigenvalue weighted by atomic mass is 10.1. The Morgan fingerprint density at radius 1 is 0.862 bits per heavy atom. The molecule has 0 aliphatic carbocycles. The molecule has 0 saturated heterocycles. The van der Waals surface area contributed by atoms with Crippen LogP contribution in [0.5, 0.6) is 5.75 Å². The molecule has 0 radical (unpaired) electrons. The lowest BCUT2D eigenvalue weighted by molar-refractivity contribution is 0.415. The zero-order chi connectivity index (χ0) is 20.3. The first-order chi connectivity index (χ1) is 14.0. The van der Waals surface area contributed by atoms with Crippen molar-refractivity contribution in [1.82, 2.24) is 4.98 Å². The molecule has 29 heavy (non-hydrogen) atoms. The first-order valence-corrected chi connectivity index (χ1v) is 10.4. The Morgan fingerprint density at radius 3 is 2.48 bits per heavy atom. The van der Waals surface area contributed by atoms with Gasteiger partial charge in [0.15, 0.2) is 0 Å². The van der Waals surface area contributed by atoms with E-state index >= 15 is 0 Å². The molecular formula is C22H19N3O3S. The topological polar surface area (TPSA) is 80.3 Å². The quantitative estimate of drug-likeness (QED) is 0.482. The van der Waals surface area contributed by atoms with Gasteiger partial charge in [-0.05, 0) is 48.5 Å². The van der Waals surface area contributed by atoms with Crippen LogP contribution in [0.15, 0.2) is 90.0 Å². The predicted octanol–water partition coefficient (Wildman–Crippen LogP) is 4.79. The number of aromatic nitrogens is 1. The van der Waals surface area contributed by atoms with Crippen LogP contribution in [0, 0.1) is 0 Å². The molecule has 1 heterocycles. The van der Waals surface area contributed by atoms with E-state index in [1.807, 2.05) is 30.3 Å². The number of benzene rings is 3. The number of fused-ring (bicyclic) bond motifs is 1. The summed E-state index contributed by atoms with van der Waals surface area (Å²) < 4.78 is 33.2. The van der Waals surface area contributed by atoms with Gasteiger partial charge in [-0.2, -0.15) is 0 Å². The van der Waals surface area contributed by atoms with Crippen LogP contribution in [-0.2, 0) is 10.0 Å². The highest BCUT2D eigenvalue weighted by Gasteiger charge is 2.14. The van der Waals surface area contributed by atoms with E-state index in [4.69, 9.17) is 4.74 Å². The average Bonchev–Trinajstić information content (AvgIpc) is 2.75. The SMILES string of the molecule is COc1cccc(Nc2ccnc3ccc(NS(=O)(=O)c4ccccc4)cc23)c1. The third-order valence-electron chi connectivity index (χ3n) is 4.40. The van der Waals surface area contributed by atoms with Crippen LogP contribution in [0.25, 0.3) is 10.9 Å². The summed E-state index contributed by atoms with van der Waals surface area (Å²) in [5.74, 6) is 0.740. The third-order valence-corrected chi connectivity index (χ3v) is 5.79. The van der Waals surface area contributed by atoms with Crippen molar-refractivity contribution in [2.45, 2.75) is 4.90 Å². The number of ether oxygens (including phenoxy) is 1. The summed E-state index contributed by atoms with van der Waals surface area (Å²) in [4.78, 5) is 4.58. The smallest absolute Gasteiger partial charge is 0.261 e. The van der Waals surface area contributed by atoms with Gasteiger partial charge in [0.1, 0.15) is 5.75 Å². The zero-order valence-electron chi connectivity index (χ0n) is 15.7. The van der Waals surface area contributed by atoms with Gasteiger partial charge in [-0.1, -0.05) is 24.3 Å². The second kappa shape index (κ2) is 7.81. The molecule has 0 atom stereocenters. The number of methoxy groups -OCH3 is 1. The lowest BCUT2D eigenvalue weighted by Gasteiger charge is -2.13. The van der Waals surface area contributed by atoms with Crippen molar-refractivity contribution >= 4 is 38.0 Å². The first kappa shape index (κ1) is 18.8. The minimum atomic E-state index is -3.67. The molecule has 0 saturated carbocycles. The number of hydrogen-bond acceptors (Lipinski definition) is 5. The van der Waals surface area contributed by atoms with Crippen molar-refractivity contribution in [2.75, 3.05) is 17.1 Å². The minimum Gasteiger partial charge on any atom is -0.497 e. The summed E-state index contributed by atoms with van der Waals surface area (Å²) in [5, 5.41) is 4.14. The molecule has 0 unspecified atom stereocenters. The van der Waals surface area contributed by atoms with E-state index < -0.39 is 10.0 Å². The molecule has 1 aromatic heterocycles. The number of nitrogens with one attached hydrogen (secondary N) is 2. The third kappa shape index (κ3) is 4.14. The van der Waals surface area contributed by atoms with Crippen molar-refractivity contribution in [2.24, 2.45) is 0 Å². The van der Waals surface area contributed by atoms with Crippen molar-refractivity contribution in [1.29, 1.82) is 0 Å². The number of nitrogens with zero attached hydrogens (tertiary/aromatic N) is 1. The van der Waals surface area contributed by atoms with Gasteiger partial charge in [-0.25, -0.2) is 8.42 Å². The molecule has 2 N–H and O–H groups in total. The Morgan fingerprint density at radius 2 is 1.69 bits per heavy atom. The van der Waals surface area contributed by atoms with Gasteiger partial charge < -0.3 is 10.1 Å². The molecule has 0 amide bonds. The maximum atomic E-state index is 12.6. The van der Waals surface area contributed by atoms with Gasteiger partial charge in [-0.3, -0.25) is 9.71 Å². The summed E-state index contributed by atoms with van der Waals surface area (Å²) in [6.07, 6.45) is 1.71. The zero-order valence-corrected chi connectivity index (χ0v) is 16.5. The molecule has 0 aliphatic heterocycles. The van der Waals surface area contributed by atoms with Crippen molar-refractivity contribution in [3.05, 3.63) is 85.1 Å². The summed E-state index contributed by atoms with van der Waals surface area (Å²) >= 11 is 0. The molecule has 0 fully saturated rings. The van der Waals surface area contributed by atoms with Crippen molar-refractivity contribution < 1.29 is 13.2 Å². The molecule has 0 aliphatic rings. The largest absolute Gasteiger partial charge is 0.497 e. The summed E-state index contributed by atoms with van der Waals surface area (Å²) in [5.41, 5.74) is 2.87. The maximum absolute atomic E-state index is 12.6. The van der Waals surface area contributed by atoms with Crippen LogP contribution in [0.1, 0.15) is 0 Å². The van der Waals surface area contributed by atoms with Gasteiger partial charge >= 0.3 is 0 Å². The van der Waals surface area contributed by atoms with Crippen molar-refractivity contribution in [3.63, 3.8) is 0 Å². The van der Waals surface area contributed by atoms with Gasteiger partial charge in [0.25, 0.3) is 10.0 Å². The fourth-order valence-corrected chi connectivity index (χ4v) is 4.06. The second-order valence-electron chi connectivity index (χ2n) is 6.37. The van der Waals surface area contributed by atoms with Gasteiger partial charge in [0, 0.05) is 34.7 Å². The Kier molecular flexibility index (Phi) is 5.05.